The third kappa shape index (κ3) is 1.83. The fraction of sp³-hybridized carbons (Fsp3) is 0.375. The van der Waals surface area contributed by atoms with E-state index in [4.69, 9.17) is 9.84 Å². The van der Waals surface area contributed by atoms with Crippen molar-refractivity contribution in [3.8, 4) is 0 Å². The van der Waals surface area contributed by atoms with Crippen molar-refractivity contribution in [3.05, 3.63) is 23.7 Å². The second kappa shape index (κ2) is 2.78. The van der Waals surface area contributed by atoms with Crippen LogP contribution in [0.25, 0.3) is 0 Å². The van der Waals surface area contributed by atoms with Crippen LogP contribution >= 0.6 is 0 Å². The lowest BCUT2D eigenvalue weighted by atomic mass is 10.1. The van der Waals surface area contributed by atoms with E-state index in [9.17, 15) is 4.79 Å². The molecule has 1 rings (SSSR count). The molecule has 60 valence electrons. The molecule has 0 aromatic heterocycles. The summed E-state index contributed by atoms with van der Waals surface area (Å²) in [5, 5.41) is 8.63. The molecule has 0 fully saturated rings. The molecule has 1 aliphatic rings. The Kier molecular flexibility index (Phi) is 1.98. The van der Waals surface area contributed by atoms with Crippen LogP contribution in [0.15, 0.2) is 23.7 Å². The Balaban J connectivity index is 2.81. The molecule has 0 aromatic carbocycles. The standard InChI is InChI=1S/C8H10O3/c1-5-3-7(8(9)10)4-6(2)11-5/h3-4,7H,1-2H3,(H,9,10). The van der Waals surface area contributed by atoms with Crippen LogP contribution < -0.4 is 0 Å². The summed E-state index contributed by atoms with van der Waals surface area (Å²) in [4.78, 5) is 10.5. The molecule has 0 bridgehead atoms. The zero-order valence-corrected chi connectivity index (χ0v) is 6.50. The van der Waals surface area contributed by atoms with E-state index in [1.807, 2.05) is 0 Å². The summed E-state index contributed by atoms with van der Waals surface area (Å²) < 4.78 is 5.13. The fourth-order valence-electron chi connectivity index (χ4n) is 1.02. The van der Waals surface area contributed by atoms with Crippen molar-refractivity contribution in [2.45, 2.75) is 13.8 Å². The van der Waals surface area contributed by atoms with E-state index in [0.29, 0.717) is 11.5 Å². The molecule has 11 heavy (non-hydrogen) atoms. The predicted octanol–water partition coefficient (Wildman–Crippen LogP) is 1.52. The van der Waals surface area contributed by atoms with Gasteiger partial charge in [-0.2, -0.15) is 0 Å². The van der Waals surface area contributed by atoms with E-state index < -0.39 is 11.9 Å². The molecule has 0 amide bonds. The Morgan fingerprint density at radius 1 is 1.45 bits per heavy atom. The average molecular weight is 154 g/mol. The van der Waals surface area contributed by atoms with E-state index in [-0.39, 0.29) is 0 Å². The summed E-state index contributed by atoms with van der Waals surface area (Å²) in [5.74, 6) is -0.0643. The van der Waals surface area contributed by atoms with Gasteiger partial charge in [0.1, 0.15) is 0 Å². The topological polar surface area (TPSA) is 46.5 Å². The number of carboxylic acid groups (broad SMARTS) is 1. The molecule has 0 unspecified atom stereocenters. The van der Waals surface area contributed by atoms with Gasteiger partial charge in [-0.05, 0) is 26.0 Å². The number of hydrogen-bond donors (Lipinski definition) is 1. The Bertz CT molecular complexity index is 220. The minimum Gasteiger partial charge on any atom is -0.481 e. The van der Waals surface area contributed by atoms with E-state index in [1.165, 1.54) is 0 Å². The first-order valence-corrected chi connectivity index (χ1v) is 3.37. The lowest BCUT2D eigenvalue weighted by Crippen LogP contribution is -2.12. The van der Waals surface area contributed by atoms with Crippen molar-refractivity contribution in [3.63, 3.8) is 0 Å². The van der Waals surface area contributed by atoms with Gasteiger partial charge in [0.15, 0.2) is 0 Å². The number of ether oxygens (including phenoxy) is 1. The highest BCUT2D eigenvalue weighted by Gasteiger charge is 2.16. The minimum absolute atomic E-state index is 0.524. The van der Waals surface area contributed by atoms with Crippen molar-refractivity contribution in [1.82, 2.24) is 0 Å². The monoisotopic (exact) mass is 154 g/mol. The highest BCUT2D eigenvalue weighted by molar-refractivity contribution is 5.74. The lowest BCUT2D eigenvalue weighted by molar-refractivity contribution is -0.138. The molecule has 1 N–H and O–H groups in total. The maximum atomic E-state index is 10.5. The molecule has 3 heteroatoms. The van der Waals surface area contributed by atoms with Gasteiger partial charge >= 0.3 is 5.97 Å². The zero-order chi connectivity index (χ0) is 8.43. The van der Waals surface area contributed by atoms with Crippen LogP contribution in [0.3, 0.4) is 0 Å². The molecule has 1 aliphatic heterocycles. The van der Waals surface area contributed by atoms with Gasteiger partial charge in [-0.3, -0.25) is 4.79 Å². The van der Waals surface area contributed by atoms with Crippen LogP contribution in [0.5, 0.6) is 0 Å². The van der Waals surface area contributed by atoms with Crippen molar-refractivity contribution in [1.29, 1.82) is 0 Å². The quantitative estimate of drug-likeness (QED) is 0.622. The molecule has 0 aromatic rings. The van der Waals surface area contributed by atoms with Gasteiger partial charge in [-0.1, -0.05) is 0 Å². The zero-order valence-electron chi connectivity index (χ0n) is 6.50. The van der Waals surface area contributed by atoms with Crippen molar-refractivity contribution < 1.29 is 14.6 Å². The van der Waals surface area contributed by atoms with Gasteiger partial charge in [0, 0.05) is 0 Å². The maximum Gasteiger partial charge on any atom is 0.314 e. The molecule has 0 saturated heterocycles. The number of carbonyl (C=O) groups is 1. The molecule has 3 nitrogen and oxygen atoms in total. The van der Waals surface area contributed by atoms with Gasteiger partial charge in [-0.25, -0.2) is 0 Å². The fourth-order valence-corrected chi connectivity index (χ4v) is 1.02. The predicted molar refractivity (Wildman–Crippen MR) is 39.7 cm³/mol. The number of hydrogen-bond acceptors (Lipinski definition) is 2. The number of carboxylic acids is 1. The lowest BCUT2D eigenvalue weighted by Gasteiger charge is -2.14. The van der Waals surface area contributed by atoms with E-state index in [0.717, 1.165) is 0 Å². The Labute approximate surface area is 65.0 Å². The molecule has 1 heterocycles. The van der Waals surface area contributed by atoms with E-state index in [2.05, 4.69) is 0 Å². The van der Waals surface area contributed by atoms with Gasteiger partial charge < -0.3 is 9.84 Å². The number of aliphatic carboxylic acids is 1. The maximum absolute atomic E-state index is 10.5. The van der Waals surface area contributed by atoms with Crippen LogP contribution in [0.2, 0.25) is 0 Å². The Morgan fingerprint density at radius 2 is 1.91 bits per heavy atom. The van der Waals surface area contributed by atoms with E-state index in [1.54, 1.807) is 26.0 Å². The average Bonchev–Trinajstić information content (AvgIpc) is 1.85. The summed E-state index contributed by atoms with van der Waals surface area (Å²) in [6.07, 6.45) is 3.16. The van der Waals surface area contributed by atoms with Crippen LogP contribution in [-0.2, 0) is 9.53 Å². The molecular weight excluding hydrogens is 144 g/mol. The molecule has 0 saturated carbocycles. The van der Waals surface area contributed by atoms with Crippen LogP contribution in [0.4, 0.5) is 0 Å². The Morgan fingerprint density at radius 3 is 2.27 bits per heavy atom. The van der Waals surface area contributed by atoms with Crippen molar-refractivity contribution in [2.24, 2.45) is 5.92 Å². The second-order valence-electron chi connectivity index (χ2n) is 2.52. The summed E-state index contributed by atoms with van der Waals surface area (Å²) in [6.45, 7) is 3.48. The summed E-state index contributed by atoms with van der Waals surface area (Å²) in [7, 11) is 0. The smallest absolute Gasteiger partial charge is 0.314 e. The third-order valence-corrected chi connectivity index (χ3v) is 1.44. The first-order valence-electron chi connectivity index (χ1n) is 3.37. The minimum atomic E-state index is -0.841. The summed E-state index contributed by atoms with van der Waals surface area (Å²) >= 11 is 0. The molecule has 0 atom stereocenters. The largest absolute Gasteiger partial charge is 0.481 e. The molecule has 0 spiro atoms. The van der Waals surface area contributed by atoms with Crippen LogP contribution in [0.1, 0.15) is 13.8 Å². The SMILES string of the molecule is CC1=CC(C(=O)O)C=C(C)O1. The highest BCUT2D eigenvalue weighted by atomic mass is 16.5. The summed E-state index contributed by atoms with van der Waals surface area (Å²) in [6, 6.07) is 0. The third-order valence-electron chi connectivity index (χ3n) is 1.44. The molecular formula is C8H10O3. The van der Waals surface area contributed by atoms with Gasteiger partial charge in [0.25, 0.3) is 0 Å². The molecule has 0 aliphatic carbocycles. The first kappa shape index (κ1) is 7.85. The van der Waals surface area contributed by atoms with Crippen LogP contribution in [0, 0.1) is 5.92 Å². The van der Waals surface area contributed by atoms with Crippen molar-refractivity contribution >= 4 is 5.97 Å². The summed E-state index contributed by atoms with van der Waals surface area (Å²) in [5.41, 5.74) is 0. The number of allylic oxidation sites excluding steroid dienone is 2. The Hall–Kier alpha value is -1.25. The van der Waals surface area contributed by atoms with E-state index >= 15 is 0 Å². The highest BCUT2D eigenvalue weighted by Crippen LogP contribution is 2.18. The van der Waals surface area contributed by atoms with Crippen LogP contribution in [-0.4, -0.2) is 11.1 Å². The normalized spacial score (nSPS) is 18.4. The van der Waals surface area contributed by atoms with Crippen molar-refractivity contribution in [2.75, 3.05) is 0 Å². The second-order valence-corrected chi connectivity index (χ2v) is 2.52. The van der Waals surface area contributed by atoms with Gasteiger partial charge in [0.2, 0.25) is 0 Å². The van der Waals surface area contributed by atoms with Gasteiger partial charge in [-0.15, -0.1) is 0 Å². The molecule has 0 radical (unpaired) electrons. The first-order chi connectivity index (χ1) is 5.09. The van der Waals surface area contributed by atoms with Gasteiger partial charge in [0.05, 0.1) is 17.4 Å². The number of rotatable bonds is 1.